The largest absolute Gasteiger partial charge is 0.433 e. The summed E-state index contributed by atoms with van der Waals surface area (Å²) in [5.74, 6) is -0.417. The molecule has 12 heteroatoms. The number of hydrogen-bond acceptors (Lipinski definition) is 5. The van der Waals surface area contributed by atoms with E-state index in [9.17, 15) is 18.0 Å². The van der Waals surface area contributed by atoms with Crippen molar-refractivity contribution in [1.82, 2.24) is 34.2 Å². The van der Waals surface area contributed by atoms with Crippen molar-refractivity contribution < 1.29 is 18.0 Å². The molecule has 3 aromatic rings. The van der Waals surface area contributed by atoms with Gasteiger partial charge < -0.3 is 4.90 Å². The van der Waals surface area contributed by atoms with Crippen molar-refractivity contribution in [2.24, 2.45) is 7.05 Å². The van der Waals surface area contributed by atoms with Crippen LogP contribution in [0.5, 0.6) is 0 Å². The second-order valence-electron chi connectivity index (χ2n) is 7.27. The van der Waals surface area contributed by atoms with E-state index in [1.54, 1.807) is 15.8 Å². The van der Waals surface area contributed by atoms with Crippen LogP contribution in [-0.4, -0.2) is 66.3 Å². The van der Waals surface area contributed by atoms with Crippen LogP contribution < -0.4 is 0 Å². The standard InChI is InChI=1S/C18H19BrF3N7O/c1-11-7-13(18(20,21)22)29-16(24-11)14(19)15(25-29)17(30)28-5-3-27(4-6-28)10-12-8-23-26(2)9-12/h7-9H,3-6,10H2,1-2H3. The van der Waals surface area contributed by atoms with Gasteiger partial charge in [0.2, 0.25) is 0 Å². The molecule has 0 aliphatic carbocycles. The van der Waals surface area contributed by atoms with Gasteiger partial charge in [-0.1, -0.05) is 0 Å². The van der Waals surface area contributed by atoms with Crippen molar-refractivity contribution in [3.8, 4) is 0 Å². The molecule has 0 spiro atoms. The first-order valence-corrected chi connectivity index (χ1v) is 10.0. The van der Waals surface area contributed by atoms with Gasteiger partial charge in [-0.3, -0.25) is 14.4 Å². The zero-order valence-electron chi connectivity index (χ0n) is 16.3. The quantitative estimate of drug-likeness (QED) is 0.569. The van der Waals surface area contributed by atoms with E-state index < -0.39 is 17.8 Å². The number of rotatable bonds is 3. The Kier molecular flexibility index (Phi) is 5.30. The van der Waals surface area contributed by atoms with Crippen LogP contribution in [0.4, 0.5) is 13.2 Å². The highest BCUT2D eigenvalue weighted by atomic mass is 79.9. The SMILES string of the molecule is Cc1cc(C(F)(F)F)n2nc(C(=O)N3CCN(Cc4cnn(C)c4)CC3)c(Br)c2n1. The maximum atomic E-state index is 13.4. The number of piperazine rings is 1. The number of alkyl halides is 3. The number of carbonyl (C=O) groups is 1. The summed E-state index contributed by atoms with van der Waals surface area (Å²) >= 11 is 3.23. The Morgan fingerprint density at radius 2 is 1.93 bits per heavy atom. The minimum atomic E-state index is -4.62. The molecule has 0 N–H and O–H groups in total. The molecule has 30 heavy (non-hydrogen) atoms. The minimum Gasteiger partial charge on any atom is -0.335 e. The summed E-state index contributed by atoms with van der Waals surface area (Å²) in [5.41, 5.74) is 0.214. The van der Waals surface area contributed by atoms with Crippen LogP contribution in [0, 0.1) is 6.92 Å². The van der Waals surface area contributed by atoms with E-state index in [0.29, 0.717) is 30.7 Å². The van der Waals surface area contributed by atoms with Crippen molar-refractivity contribution >= 4 is 27.5 Å². The second-order valence-corrected chi connectivity index (χ2v) is 8.06. The number of nitrogens with zero attached hydrogens (tertiary/aromatic N) is 7. The van der Waals surface area contributed by atoms with Crippen LogP contribution in [0.1, 0.15) is 27.4 Å². The minimum absolute atomic E-state index is 0.0270. The van der Waals surface area contributed by atoms with E-state index in [1.807, 2.05) is 13.2 Å². The normalized spacial score (nSPS) is 15.9. The molecule has 8 nitrogen and oxygen atoms in total. The van der Waals surface area contributed by atoms with Crippen LogP contribution in [0.15, 0.2) is 22.9 Å². The number of aryl methyl sites for hydroxylation is 2. The lowest BCUT2D eigenvalue weighted by Gasteiger charge is -2.34. The van der Waals surface area contributed by atoms with Crippen LogP contribution in [0.25, 0.3) is 5.65 Å². The number of amides is 1. The van der Waals surface area contributed by atoms with Crippen molar-refractivity contribution in [1.29, 1.82) is 0 Å². The maximum Gasteiger partial charge on any atom is 0.433 e. The van der Waals surface area contributed by atoms with Gasteiger partial charge in [-0.15, -0.1) is 0 Å². The van der Waals surface area contributed by atoms with E-state index in [4.69, 9.17) is 0 Å². The summed E-state index contributed by atoms with van der Waals surface area (Å²) in [7, 11) is 1.85. The molecule has 0 atom stereocenters. The monoisotopic (exact) mass is 485 g/mol. The fourth-order valence-corrected chi connectivity index (χ4v) is 4.03. The molecule has 0 radical (unpaired) electrons. The van der Waals surface area contributed by atoms with Gasteiger partial charge in [0.05, 0.1) is 10.7 Å². The fourth-order valence-electron chi connectivity index (χ4n) is 3.52. The average molecular weight is 486 g/mol. The number of halogens is 4. The number of hydrogen-bond donors (Lipinski definition) is 0. The molecule has 3 aromatic heterocycles. The fraction of sp³-hybridized carbons (Fsp3) is 0.444. The molecule has 160 valence electrons. The van der Waals surface area contributed by atoms with Crippen LogP contribution in [0.3, 0.4) is 0 Å². The maximum absolute atomic E-state index is 13.4. The lowest BCUT2D eigenvalue weighted by Crippen LogP contribution is -2.48. The zero-order valence-corrected chi connectivity index (χ0v) is 17.9. The first kappa shape index (κ1) is 20.8. The van der Waals surface area contributed by atoms with Crippen LogP contribution in [-0.2, 0) is 19.8 Å². The summed E-state index contributed by atoms with van der Waals surface area (Å²) in [6, 6.07) is 0.915. The Morgan fingerprint density at radius 3 is 2.53 bits per heavy atom. The lowest BCUT2D eigenvalue weighted by atomic mass is 10.2. The highest BCUT2D eigenvalue weighted by molar-refractivity contribution is 9.10. The molecule has 4 heterocycles. The van der Waals surface area contributed by atoms with Gasteiger partial charge in [0.25, 0.3) is 5.91 Å². The molecule has 4 rings (SSSR count). The number of aromatic nitrogens is 5. The van der Waals surface area contributed by atoms with Gasteiger partial charge in [0, 0.05) is 57.2 Å². The molecule has 1 saturated heterocycles. The topological polar surface area (TPSA) is 71.6 Å². The number of fused-ring (bicyclic) bond motifs is 1. The van der Waals surface area contributed by atoms with E-state index in [1.165, 1.54) is 6.92 Å². The Balaban J connectivity index is 1.53. The molecular weight excluding hydrogens is 467 g/mol. The molecule has 1 aliphatic heterocycles. The predicted molar refractivity (Wildman–Crippen MR) is 105 cm³/mol. The summed E-state index contributed by atoms with van der Waals surface area (Å²) in [5, 5.41) is 8.11. The molecular formula is C18H19BrF3N7O. The Bertz CT molecular complexity index is 1100. The van der Waals surface area contributed by atoms with Crippen molar-refractivity contribution in [3.63, 3.8) is 0 Å². The third kappa shape index (κ3) is 3.93. The Morgan fingerprint density at radius 1 is 1.23 bits per heavy atom. The van der Waals surface area contributed by atoms with Crippen molar-refractivity contribution in [3.05, 3.63) is 45.6 Å². The molecule has 1 aliphatic rings. The Labute approximate surface area is 178 Å². The van der Waals surface area contributed by atoms with Gasteiger partial charge in [-0.25, -0.2) is 9.50 Å². The summed E-state index contributed by atoms with van der Waals surface area (Å²) < 4.78 is 42.8. The van der Waals surface area contributed by atoms with Gasteiger partial charge in [-0.05, 0) is 28.9 Å². The van der Waals surface area contributed by atoms with E-state index in [-0.39, 0.29) is 21.5 Å². The summed E-state index contributed by atoms with van der Waals surface area (Å²) in [6.07, 6.45) is -0.868. The second kappa shape index (κ2) is 7.65. The third-order valence-corrected chi connectivity index (χ3v) is 5.71. The van der Waals surface area contributed by atoms with Crippen LogP contribution >= 0.6 is 15.9 Å². The number of carbonyl (C=O) groups excluding carboxylic acids is 1. The first-order valence-electron chi connectivity index (χ1n) is 9.25. The first-order chi connectivity index (χ1) is 14.1. The van der Waals surface area contributed by atoms with E-state index >= 15 is 0 Å². The van der Waals surface area contributed by atoms with Crippen LogP contribution in [0.2, 0.25) is 0 Å². The molecule has 0 saturated carbocycles. The van der Waals surface area contributed by atoms with E-state index in [0.717, 1.165) is 18.2 Å². The smallest absolute Gasteiger partial charge is 0.335 e. The van der Waals surface area contributed by atoms with Gasteiger partial charge >= 0.3 is 6.18 Å². The Hall–Kier alpha value is -2.47. The third-order valence-electron chi connectivity index (χ3n) is 4.98. The van der Waals surface area contributed by atoms with Gasteiger partial charge in [0.1, 0.15) is 5.69 Å². The highest BCUT2D eigenvalue weighted by Gasteiger charge is 2.36. The molecule has 0 unspecified atom stereocenters. The molecule has 0 bridgehead atoms. The van der Waals surface area contributed by atoms with Gasteiger partial charge in [0.15, 0.2) is 11.3 Å². The molecule has 0 aromatic carbocycles. The summed E-state index contributed by atoms with van der Waals surface area (Å²) in [6.45, 7) is 4.41. The van der Waals surface area contributed by atoms with Crippen molar-refractivity contribution in [2.45, 2.75) is 19.6 Å². The highest BCUT2D eigenvalue weighted by Crippen LogP contribution is 2.32. The lowest BCUT2D eigenvalue weighted by molar-refractivity contribution is -0.142. The predicted octanol–water partition coefficient (Wildman–Crippen LogP) is 2.51. The average Bonchev–Trinajstić information content (AvgIpc) is 3.24. The molecule has 1 amide bonds. The molecule has 1 fully saturated rings. The van der Waals surface area contributed by atoms with Crippen molar-refractivity contribution in [2.75, 3.05) is 26.2 Å². The van der Waals surface area contributed by atoms with E-state index in [2.05, 4.69) is 36.0 Å². The zero-order chi connectivity index (χ0) is 21.6. The van der Waals surface area contributed by atoms with Gasteiger partial charge in [-0.2, -0.15) is 23.4 Å². The summed E-state index contributed by atoms with van der Waals surface area (Å²) in [4.78, 5) is 20.9.